The minimum absolute atomic E-state index is 0.183. The molecule has 0 fully saturated rings. The first kappa shape index (κ1) is 19.3. The zero-order valence-corrected chi connectivity index (χ0v) is 15.6. The second-order valence-corrected chi connectivity index (χ2v) is 6.47. The molecule has 0 spiro atoms. The van der Waals surface area contributed by atoms with Gasteiger partial charge in [-0.1, -0.05) is 42.5 Å². The summed E-state index contributed by atoms with van der Waals surface area (Å²) in [6, 6.07) is 19.1. The number of hydrogen-bond donors (Lipinski definition) is 2. The van der Waals surface area contributed by atoms with Gasteiger partial charge in [0.25, 0.3) is 5.91 Å². The first-order chi connectivity index (χ1) is 13.5. The van der Waals surface area contributed by atoms with E-state index in [0.717, 1.165) is 5.56 Å². The van der Waals surface area contributed by atoms with E-state index >= 15 is 0 Å². The third kappa shape index (κ3) is 4.81. The Hall–Kier alpha value is -3.51. The number of nitrogens with zero attached hydrogens (tertiary/aromatic N) is 2. The van der Waals surface area contributed by atoms with Crippen molar-refractivity contribution in [2.24, 2.45) is 5.73 Å². The maximum atomic E-state index is 12.6. The van der Waals surface area contributed by atoms with Gasteiger partial charge in [0, 0.05) is 37.2 Å². The van der Waals surface area contributed by atoms with E-state index < -0.39 is 6.04 Å². The van der Waals surface area contributed by atoms with Crippen molar-refractivity contribution in [3.63, 3.8) is 0 Å². The number of likely N-dealkylation sites (N-methyl/N-ethyl adjacent to an activating group) is 1. The number of rotatable bonds is 6. The zero-order valence-electron chi connectivity index (χ0n) is 15.6. The van der Waals surface area contributed by atoms with Gasteiger partial charge in [0.1, 0.15) is 6.04 Å². The van der Waals surface area contributed by atoms with Crippen molar-refractivity contribution in [3.05, 3.63) is 95.8 Å². The lowest BCUT2D eigenvalue weighted by molar-refractivity contribution is -0.131. The Morgan fingerprint density at radius 3 is 2.29 bits per heavy atom. The standard InChI is InChI=1S/C22H22N4O2/c1-26(15-16-5-3-2-4-6-16)22(28)20(23)17-7-9-18(10-8-17)21(27)25-19-11-13-24-14-12-19/h2-14,20H,15,23H2,1H3,(H,24,25,27). The van der Waals surface area contributed by atoms with Gasteiger partial charge in [0.05, 0.1) is 0 Å². The molecule has 0 radical (unpaired) electrons. The summed E-state index contributed by atoms with van der Waals surface area (Å²) in [5, 5.41) is 2.79. The third-order valence-corrected chi connectivity index (χ3v) is 4.38. The molecule has 1 atom stereocenters. The normalized spacial score (nSPS) is 11.5. The molecule has 0 aliphatic carbocycles. The maximum absolute atomic E-state index is 12.6. The average Bonchev–Trinajstić information content (AvgIpc) is 2.74. The van der Waals surface area contributed by atoms with Crippen LogP contribution in [0.1, 0.15) is 27.5 Å². The lowest BCUT2D eigenvalue weighted by Crippen LogP contribution is -2.35. The number of carbonyl (C=O) groups is 2. The molecule has 6 nitrogen and oxygen atoms in total. The highest BCUT2D eigenvalue weighted by Gasteiger charge is 2.20. The van der Waals surface area contributed by atoms with Crippen LogP contribution in [0.15, 0.2) is 79.1 Å². The predicted molar refractivity (Wildman–Crippen MR) is 108 cm³/mol. The quantitative estimate of drug-likeness (QED) is 0.694. The molecule has 0 saturated carbocycles. The summed E-state index contributed by atoms with van der Waals surface area (Å²) in [5.74, 6) is -0.420. The van der Waals surface area contributed by atoms with E-state index in [1.54, 1.807) is 60.7 Å². The average molecular weight is 374 g/mol. The molecule has 3 aromatic rings. The number of hydrogen-bond acceptors (Lipinski definition) is 4. The Morgan fingerprint density at radius 2 is 1.64 bits per heavy atom. The lowest BCUT2D eigenvalue weighted by Gasteiger charge is -2.22. The molecule has 6 heteroatoms. The van der Waals surface area contributed by atoms with Crippen LogP contribution in [0.25, 0.3) is 0 Å². The first-order valence-corrected chi connectivity index (χ1v) is 8.90. The van der Waals surface area contributed by atoms with Gasteiger partial charge in [-0.2, -0.15) is 0 Å². The second kappa shape index (κ2) is 8.92. The van der Waals surface area contributed by atoms with Gasteiger partial charge in [0.15, 0.2) is 0 Å². The fourth-order valence-corrected chi connectivity index (χ4v) is 2.80. The van der Waals surface area contributed by atoms with Gasteiger partial charge in [-0.3, -0.25) is 14.6 Å². The zero-order chi connectivity index (χ0) is 19.9. The molecule has 28 heavy (non-hydrogen) atoms. The van der Waals surface area contributed by atoms with Gasteiger partial charge < -0.3 is 16.0 Å². The molecule has 142 valence electrons. The molecular formula is C22H22N4O2. The number of carbonyl (C=O) groups excluding carboxylic acids is 2. The van der Waals surface area contributed by atoms with E-state index in [4.69, 9.17) is 5.73 Å². The molecule has 2 amide bonds. The minimum Gasteiger partial charge on any atom is -0.340 e. The summed E-state index contributed by atoms with van der Waals surface area (Å²) < 4.78 is 0. The van der Waals surface area contributed by atoms with Crippen molar-refractivity contribution < 1.29 is 9.59 Å². The molecule has 0 aliphatic rings. The van der Waals surface area contributed by atoms with Crippen molar-refractivity contribution in [1.82, 2.24) is 9.88 Å². The number of nitrogens with two attached hydrogens (primary N) is 1. The van der Waals surface area contributed by atoms with Crippen LogP contribution in [0, 0.1) is 0 Å². The van der Waals surface area contributed by atoms with E-state index in [0.29, 0.717) is 23.4 Å². The van der Waals surface area contributed by atoms with Gasteiger partial charge in [-0.25, -0.2) is 0 Å². The Kier molecular flexibility index (Phi) is 6.14. The van der Waals surface area contributed by atoms with E-state index in [1.165, 1.54) is 0 Å². The van der Waals surface area contributed by atoms with Crippen LogP contribution in [-0.4, -0.2) is 28.7 Å². The summed E-state index contributed by atoms with van der Waals surface area (Å²) in [4.78, 5) is 30.4. The molecule has 3 N–H and O–H groups in total. The highest BCUT2D eigenvalue weighted by Crippen LogP contribution is 2.16. The Morgan fingerprint density at radius 1 is 1.00 bits per heavy atom. The molecule has 3 rings (SSSR count). The molecule has 2 aromatic carbocycles. The van der Waals surface area contributed by atoms with Crippen molar-refractivity contribution in [3.8, 4) is 0 Å². The summed E-state index contributed by atoms with van der Waals surface area (Å²) in [7, 11) is 1.73. The van der Waals surface area contributed by atoms with Crippen LogP contribution < -0.4 is 11.1 Å². The number of amides is 2. The van der Waals surface area contributed by atoms with Crippen LogP contribution in [0.4, 0.5) is 5.69 Å². The molecule has 1 unspecified atom stereocenters. The van der Waals surface area contributed by atoms with Crippen molar-refractivity contribution in [2.45, 2.75) is 12.6 Å². The summed E-state index contributed by atoms with van der Waals surface area (Å²) in [6.45, 7) is 0.486. The van der Waals surface area contributed by atoms with Gasteiger partial charge >= 0.3 is 0 Å². The minimum atomic E-state index is -0.786. The lowest BCUT2D eigenvalue weighted by atomic mass is 10.0. The Labute approximate surface area is 164 Å². The van der Waals surface area contributed by atoms with Crippen LogP contribution in [0.2, 0.25) is 0 Å². The number of anilines is 1. The van der Waals surface area contributed by atoms with Gasteiger partial charge in [0.2, 0.25) is 5.91 Å². The van der Waals surface area contributed by atoms with Crippen LogP contribution in [0.3, 0.4) is 0 Å². The van der Waals surface area contributed by atoms with E-state index in [2.05, 4.69) is 10.3 Å². The van der Waals surface area contributed by atoms with Crippen molar-refractivity contribution in [1.29, 1.82) is 0 Å². The largest absolute Gasteiger partial charge is 0.340 e. The molecule has 1 heterocycles. The fourth-order valence-electron chi connectivity index (χ4n) is 2.80. The first-order valence-electron chi connectivity index (χ1n) is 8.90. The number of pyridine rings is 1. The molecule has 0 aliphatic heterocycles. The fraction of sp³-hybridized carbons (Fsp3) is 0.136. The Bertz CT molecular complexity index is 928. The smallest absolute Gasteiger partial charge is 0.255 e. The van der Waals surface area contributed by atoms with Crippen LogP contribution >= 0.6 is 0 Å². The number of aromatic nitrogens is 1. The van der Waals surface area contributed by atoms with Crippen molar-refractivity contribution >= 4 is 17.5 Å². The van der Waals surface area contributed by atoms with E-state index in [1.807, 2.05) is 30.3 Å². The Balaban J connectivity index is 1.63. The molecular weight excluding hydrogens is 352 g/mol. The molecule has 1 aromatic heterocycles. The summed E-state index contributed by atoms with van der Waals surface area (Å²) in [6.07, 6.45) is 3.21. The van der Waals surface area contributed by atoms with Gasteiger partial charge in [-0.05, 0) is 35.4 Å². The molecule has 0 saturated heterocycles. The third-order valence-electron chi connectivity index (χ3n) is 4.38. The topological polar surface area (TPSA) is 88.3 Å². The van der Waals surface area contributed by atoms with E-state index in [9.17, 15) is 9.59 Å². The number of benzene rings is 2. The summed E-state index contributed by atoms with van der Waals surface area (Å²) in [5.41, 5.74) is 8.99. The van der Waals surface area contributed by atoms with Crippen LogP contribution in [0.5, 0.6) is 0 Å². The molecule has 0 bridgehead atoms. The second-order valence-electron chi connectivity index (χ2n) is 6.47. The predicted octanol–water partition coefficient (Wildman–Crippen LogP) is 2.99. The monoisotopic (exact) mass is 374 g/mol. The highest BCUT2D eigenvalue weighted by atomic mass is 16.2. The maximum Gasteiger partial charge on any atom is 0.255 e. The van der Waals surface area contributed by atoms with Crippen molar-refractivity contribution in [2.75, 3.05) is 12.4 Å². The summed E-state index contributed by atoms with van der Waals surface area (Å²) >= 11 is 0. The van der Waals surface area contributed by atoms with E-state index in [-0.39, 0.29) is 11.8 Å². The van der Waals surface area contributed by atoms with Crippen LogP contribution in [-0.2, 0) is 11.3 Å². The highest BCUT2D eigenvalue weighted by molar-refractivity contribution is 6.04. The number of nitrogens with one attached hydrogen (secondary N) is 1. The SMILES string of the molecule is CN(Cc1ccccc1)C(=O)C(N)c1ccc(C(=O)Nc2ccncc2)cc1. The van der Waals surface area contributed by atoms with Gasteiger partial charge in [-0.15, -0.1) is 0 Å².